The van der Waals surface area contributed by atoms with E-state index < -0.39 is 0 Å². The highest BCUT2D eigenvalue weighted by Gasteiger charge is 2.05. The number of rotatable bonds is 6. The van der Waals surface area contributed by atoms with Gasteiger partial charge in [-0.3, -0.25) is 0 Å². The van der Waals surface area contributed by atoms with Gasteiger partial charge in [0, 0.05) is 18.0 Å². The van der Waals surface area contributed by atoms with Gasteiger partial charge in [-0.05, 0) is 38.0 Å². The van der Waals surface area contributed by atoms with Crippen molar-refractivity contribution >= 4 is 11.3 Å². The molecule has 0 radical (unpaired) electrons. The number of benzene rings is 1. The average Bonchev–Trinajstić information content (AvgIpc) is 2.82. The van der Waals surface area contributed by atoms with Gasteiger partial charge < -0.3 is 10.1 Å². The molecule has 2 rings (SSSR count). The largest absolute Gasteiger partial charge is 0.497 e. The second-order valence-electron chi connectivity index (χ2n) is 4.70. The van der Waals surface area contributed by atoms with Crippen molar-refractivity contribution in [3.8, 4) is 5.75 Å². The zero-order chi connectivity index (χ0) is 13.7. The topological polar surface area (TPSA) is 34.1 Å². The average molecular weight is 276 g/mol. The molecule has 3 nitrogen and oxygen atoms in total. The number of ether oxygens (including phenoxy) is 1. The molecule has 0 aliphatic heterocycles. The Bertz CT molecular complexity index is 524. The minimum atomic E-state index is 0.411. The highest BCUT2D eigenvalue weighted by atomic mass is 32.1. The van der Waals surface area contributed by atoms with Gasteiger partial charge >= 0.3 is 0 Å². The molecule has 1 aromatic carbocycles. The van der Waals surface area contributed by atoms with E-state index in [4.69, 9.17) is 4.74 Å². The summed E-state index contributed by atoms with van der Waals surface area (Å²) < 4.78 is 5.24. The lowest BCUT2D eigenvalue weighted by Crippen LogP contribution is -2.27. The van der Waals surface area contributed by atoms with Gasteiger partial charge in [0.1, 0.15) is 5.75 Å². The van der Waals surface area contributed by atoms with Crippen LogP contribution in [0, 0.1) is 6.92 Å². The van der Waals surface area contributed by atoms with Gasteiger partial charge in [-0.25, -0.2) is 4.98 Å². The Balaban J connectivity index is 1.84. The molecule has 0 bridgehead atoms. The fraction of sp³-hybridized carbons (Fsp3) is 0.400. The van der Waals surface area contributed by atoms with Crippen LogP contribution >= 0.6 is 11.3 Å². The SMILES string of the molecule is COc1cccc(C[C@H](C)NCc2csc(C)n2)c1. The van der Waals surface area contributed by atoms with E-state index in [1.54, 1.807) is 18.4 Å². The third-order valence-electron chi connectivity index (χ3n) is 2.97. The van der Waals surface area contributed by atoms with Crippen LogP contribution in [0.4, 0.5) is 0 Å². The summed E-state index contributed by atoms with van der Waals surface area (Å²) in [5.41, 5.74) is 2.41. The summed E-state index contributed by atoms with van der Waals surface area (Å²) >= 11 is 1.70. The minimum Gasteiger partial charge on any atom is -0.497 e. The smallest absolute Gasteiger partial charge is 0.119 e. The van der Waals surface area contributed by atoms with Crippen LogP contribution < -0.4 is 10.1 Å². The maximum atomic E-state index is 5.24. The van der Waals surface area contributed by atoms with E-state index in [-0.39, 0.29) is 0 Å². The molecule has 1 aromatic heterocycles. The van der Waals surface area contributed by atoms with E-state index in [1.807, 2.05) is 19.1 Å². The summed E-state index contributed by atoms with van der Waals surface area (Å²) in [6, 6.07) is 8.64. The van der Waals surface area contributed by atoms with Crippen molar-refractivity contribution in [3.05, 3.63) is 45.9 Å². The van der Waals surface area contributed by atoms with Gasteiger partial charge in [-0.15, -0.1) is 11.3 Å². The molecule has 0 saturated carbocycles. The van der Waals surface area contributed by atoms with Crippen molar-refractivity contribution in [1.29, 1.82) is 0 Å². The van der Waals surface area contributed by atoms with Crippen molar-refractivity contribution < 1.29 is 4.74 Å². The van der Waals surface area contributed by atoms with Crippen LogP contribution in [0.5, 0.6) is 5.75 Å². The first-order valence-corrected chi connectivity index (χ1v) is 7.32. The third-order valence-corrected chi connectivity index (χ3v) is 3.80. The number of aryl methyl sites for hydroxylation is 1. The Labute approximate surface area is 118 Å². The zero-order valence-electron chi connectivity index (χ0n) is 11.6. The molecule has 2 aromatic rings. The Morgan fingerprint density at radius 2 is 2.26 bits per heavy atom. The predicted octanol–water partition coefficient (Wildman–Crippen LogP) is 3.18. The van der Waals surface area contributed by atoms with Crippen LogP contribution in [0.15, 0.2) is 29.6 Å². The summed E-state index contributed by atoms with van der Waals surface area (Å²) in [5.74, 6) is 0.917. The van der Waals surface area contributed by atoms with Gasteiger partial charge in [0.2, 0.25) is 0 Å². The lowest BCUT2D eigenvalue weighted by molar-refractivity contribution is 0.414. The standard InChI is InChI=1S/C15H20N2OS/c1-11(16-9-14-10-19-12(2)17-14)7-13-5-4-6-15(8-13)18-3/h4-6,8,10-11,16H,7,9H2,1-3H3/t11-/m0/s1. The first-order chi connectivity index (χ1) is 9.17. The molecule has 1 heterocycles. The van der Waals surface area contributed by atoms with Crippen LogP contribution in [0.25, 0.3) is 0 Å². The molecule has 4 heteroatoms. The summed E-state index contributed by atoms with van der Waals surface area (Å²) in [6.45, 7) is 5.06. The Hall–Kier alpha value is -1.39. The van der Waals surface area contributed by atoms with Crippen LogP contribution in [-0.2, 0) is 13.0 Å². The van der Waals surface area contributed by atoms with E-state index in [0.29, 0.717) is 6.04 Å². The van der Waals surface area contributed by atoms with Crippen LogP contribution in [0.2, 0.25) is 0 Å². The molecule has 0 aliphatic rings. The second kappa shape index (κ2) is 6.68. The molecule has 0 fully saturated rings. The third kappa shape index (κ3) is 4.33. The number of nitrogens with zero attached hydrogens (tertiary/aromatic N) is 1. The molecule has 0 saturated heterocycles. The van der Waals surface area contributed by atoms with Gasteiger partial charge in [-0.2, -0.15) is 0 Å². The Morgan fingerprint density at radius 3 is 2.95 bits per heavy atom. The molecule has 19 heavy (non-hydrogen) atoms. The van der Waals surface area contributed by atoms with Crippen molar-refractivity contribution in [2.24, 2.45) is 0 Å². The number of thiazole rings is 1. The van der Waals surface area contributed by atoms with Crippen LogP contribution in [0.1, 0.15) is 23.2 Å². The van der Waals surface area contributed by atoms with Crippen molar-refractivity contribution in [2.45, 2.75) is 32.9 Å². The molecule has 0 unspecified atom stereocenters. The number of hydrogen-bond acceptors (Lipinski definition) is 4. The van der Waals surface area contributed by atoms with Crippen molar-refractivity contribution in [2.75, 3.05) is 7.11 Å². The fourth-order valence-electron chi connectivity index (χ4n) is 1.99. The predicted molar refractivity (Wildman–Crippen MR) is 79.9 cm³/mol. The molecular formula is C15H20N2OS. The second-order valence-corrected chi connectivity index (χ2v) is 5.76. The lowest BCUT2D eigenvalue weighted by Gasteiger charge is -2.13. The van der Waals surface area contributed by atoms with E-state index in [1.165, 1.54) is 5.56 Å². The van der Waals surface area contributed by atoms with E-state index >= 15 is 0 Å². The number of methoxy groups -OCH3 is 1. The fourth-order valence-corrected chi connectivity index (χ4v) is 2.61. The normalized spacial score (nSPS) is 12.4. The Morgan fingerprint density at radius 1 is 1.42 bits per heavy atom. The Kier molecular flexibility index (Phi) is 4.93. The number of nitrogens with one attached hydrogen (secondary N) is 1. The van der Waals surface area contributed by atoms with E-state index in [9.17, 15) is 0 Å². The van der Waals surface area contributed by atoms with Crippen molar-refractivity contribution in [1.82, 2.24) is 10.3 Å². The van der Waals surface area contributed by atoms with Gasteiger partial charge in [0.25, 0.3) is 0 Å². The van der Waals surface area contributed by atoms with E-state index in [0.717, 1.165) is 29.4 Å². The summed E-state index contributed by atoms with van der Waals surface area (Å²) in [4.78, 5) is 4.45. The molecular weight excluding hydrogens is 256 g/mol. The highest BCUT2D eigenvalue weighted by Crippen LogP contribution is 2.14. The quantitative estimate of drug-likeness (QED) is 0.880. The summed E-state index contributed by atoms with van der Waals surface area (Å²) in [6.07, 6.45) is 0.986. The first kappa shape index (κ1) is 14.0. The molecule has 0 amide bonds. The zero-order valence-corrected chi connectivity index (χ0v) is 12.5. The maximum absolute atomic E-state index is 5.24. The lowest BCUT2D eigenvalue weighted by atomic mass is 10.1. The summed E-state index contributed by atoms with van der Waals surface area (Å²) in [7, 11) is 1.70. The van der Waals surface area contributed by atoms with E-state index in [2.05, 4.69) is 34.7 Å². The molecule has 0 spiro atoms. The molecule has 1 atom stereocenters. The van der Waals surface area contributed by atoms with Gasteiger partial charge in [0.05, 0.1) is 17.8 Å². The monoisotopic (exact) mass is 276 g/mol. The van der Waals surface area contributed by atoms with Gasteiger partial charge in [-0.1, -0.05) is 12.1 Å². The first-order valence-electron chi connectivity index (χ1n) is 6.44. The maximum Gasteiger partial charge on any atom is 0.119 e. The highest BCUT2D eigenvalue weighted by molar-refractivity contribution is 7.09. The van der Waals surface area contributed by atoms with Gasteiger partial charge in [0.15, 0.2) is 0 Å². The van der Waals surface area contributed by atoms with Crippen LogP contribution in [0.3, 0.4) is 0 Å². The molecule has 102 valence electrons. The number of hydrogen-bond donors (Lipinski definition) is 1. The number of aromatic nitrogens is 1. The molecule has 0 aliphatic carbocycles. The summed E-state index contributed by atoms with van der Waals surface area (Å²) in [5, 5.41) is 6.74. The minimum absolute atomic E-state index is 0.411. The van der Waals surface area contributed by atoms with Crippen LogP contribution in [-0.4, -0.2) is 18.1 Å². The molecule has 1 N–H and O–H groups in total. The van der Waals surface area contributed by atoms with Crippen molar-refractivity contribution in [3.63, 3.8) is 0 Å².